The maximum absolute atomic E-state index is 7.21. The van der Waals surface area contributed by atoms with Crippen molar-refractivity contribution in [3.8, 4) is 0 Å². The summed E-state index contributed by atoms with van der Waals surface area (Å²) in [5.41, 5.74) is 3.00. The molecule has 0 aliphatic carbocycles. The van der Waals surface area contributed by atoms with Crippen LogP contribution in [0.1, 0.15) is 22.3 Å². The highest BCUT2D eigenvalue weighted by molar-refractivity contribution is 6.62. The Hall–Kier alpha value is -3.63. The third-order valence-electron chi connectivity index (χ3n) is 6.93. The molecule has 0 radical (unpaired) electrons. The van der Waals surface area contributed by atoms with E-state index in [1.54, 1.807) is 0 Å². The first-order chi connectivity index (χ1) is 17.7. The summed E-state index contributed by atoms with van der Waals surface area (Å²) in [6.45, 7) is 0. The van der Waals surface area contributed by atoms with Crippen LogP contribution in [0.4, 0.5) is 0 Å². The number of benzene rings is 5. The molecule has 5 aromatic carbocycles. The van der Waals surface area contributed by atoms with Gasteiger partial charge in [0.2, 0.25) is 0 Å². The van der Waals surface area contributed by atoms with E-state index < -0.39 is 18.3 Å². The molecule has 6 rings (SSSR count). The molecule has 0 atom stereocenters. The second kappa shape index (κ2) is 9.44. The second-order valence-corrected chi connectivity index (χ2v) is 9.38. The van der Waals surface area contributed by atoms with Gasteiger partial charge in [0.05, 0.1) is 0 Å². The van der Waals surface area contributed by atoms with Gasteiger partial charge in [0.1, 0.15) is 11.2 Å². The quantitative estimate of drug-likeness (QED) is 0.250. The summed E-state index contributed by atoms with van der Waals surface area (Å²) in [4.78, 5) is 0. The van der Waals surface area contributed by atoms with E-state index in [0.29, 0.717) is 5.02 Å². The smallest absolute Gasteiger partial charge is 0.390 e. The molecule has 0 amide bonds. The van der Waals surface area contributed by atoms with Crippen LogP contribution in [0.15, 0.2) is 146 Å². The number of hydrogen-bond acceptors (Lipinski definition) is 2. The third kappa shape index (κ3) is 3.60. The number of halogens is 1. The van der Waals surface area contributed by atoms with Gasteiger partial charge in [0, 0.05) is 5.02 Å². The Balaban J connectivity index is 1.73. The van der Waals surface area contributed by atoms with Crippen LogP contribution in [0.3, 0.4) is 0 Å². The first-order valence-electron chi connectivity index (χ1n) is 12.1. The maximum atomic E-state index is 7.21. The summed E-state index contributed by atoms with van der Waals surface area (Å²) in [5, 5.41) is 0.673. The van der Waals surface area contributed by atoms with Gasteiger partial charge < -0.3 is 9.31 Å². The molecule has 2 nitrogen and oxygen atoms in total. The van der Waals surface area contributed by atoms with E-state index in [4.69, 9.17) is 20.9 Å². The predicted molar refractivity (Wildman–Crippen MR) is 146 cm³/mol. The van der Waals surface area contributed by atoms with E-state index in [-0.39, 0.29) is 0 Å². The van der Waals surface area contributed by atoms with E-state index in [0.717, 1.165) is 27.7 Å². The molecule has 1 aliphatic heterocycles. The van der Waals surface area contributed by atoms with Crippen molar-refractivity contribution >= 4 is 24.2 Å². The summed E-state index contributed by atoms with van der Waals surface area (Å²) < 4.78 is 14.4. The van der Waals surface area contributed by atoms with Gasteiger partial charge in [-0.15, -0.1) is 0 Å². The molecule has 0 bridgehead atoms. The molecule has 5 aromatic rings. The highest BCUT2D eigenvalue weighted by atomic mass is 35.5. The summed E-state index contributed by atoms with van der Waals surface area (Å²) in [5.74, 6) is 0. The molecule has 0 saturated carbocycles. The lowest BCUT2D eigenvalue weighted by atomic mass is 9.66. The van der Waals surface area contributed by atoms with Crippen molar-refractivity contribution in [3.63, 3.8) is 0 Å². The summed E-state index contributed by atoms with van der Waals surface area (Å²) >= 11 is 6.23. The van der Waals surface area contributed by atoms with Crippen LogP contribution in [0.25, 0.3) is 0 Å². The van der Waals surface area contributed by atoms with Gasteiger partial charge in [-0.25, -0.2) is 0 Å². The van der Waals surface area contributed by atoms with Crippen LogP contribution in [-0.2, 0) is 20.5 Å². The molecule has 1 aliphatic rings. The zero-order valence-corrected chi connectivity index (χ0v) is 20.4. The van der Waals surface area contributed by atoms with Gasteiger partial charge in [-0.3, -0.25) is 0 Å². The lowest BCUT2D eigenvalue weighted by Crippen LogP contribution is -2.48. The van der Waals surface area contributed by atoms with Gasteiger partial charge >= 0.3 is 7.12 Å². The van der Waals surface area contributed by atoms with Crippen LogP contribution in [-0.4, -0.2) is 7.12 Å². The fourth-order valence-corrected chi connectivity index (χ4v) is 5.50. The molecule has 4 heteroatoms. The fourth-order valence-electron chi connectivity index (χ4n) is 5.38. The highest BCUT2D eigenvalue weighted by Gasteiger charge is 2.65. The van der Waals surface area contributed by atoms with Crippen molar-refractivity contribution in [2.24, 2.45) is 0 Å². The third-order valence-corrected chi connectivity index (χ3v) is 7.18. The standard InChI is InChI=1S/C32H24BClO2/c34-30-23-21-29(22-24-30)33-35-31(25-13-5-1-6-14-25,26-15-7-2-8-16-26)32(36-33,27-17-9-3-10-18-27)28-19-11-4-12-20-28/h1-24H. The molecule has 0 aromatic heterocycles. The maximum Gasteiger partial charge on any atom is 0.495 e. The Bertz CT molecular complexity index is 1260. The minimum absolute atomic E-state index is 0.636. The van der Waals surface area contributed by atoms with Crippen LogP contribution < -0.4 is 5.46 Å². The summed E-state index contributed by atoms with van der Waals surface area (Å²) in [6.07, 6.45) is 0. The van der Waals surface area contributed by atoms with Crippen molar-refractivity contribution in [2.75, 3.05) is 0 Å². The van der Waals surface area contributed by atoms with E-state index in [9.17, 15) is 0 Å². The first-order valence-corrected chi connectivity index (χ1v) is 12.4. The molecular formula is C32H24BClO2. The topological polar surface area (TPSA) is 18.5 Å². The lowest BCUT2D eigenvalue weighted by molar-refractivity contribution is 0.00370. The molecule has 36 heavy (non-hydrogen) atoms. The van der Waals surface area contributed by atoms with Gasteiger partial charge in [-0.2, -0.15) is 0 Å². The molecule has 1 saturated heterocycles. The molecule has 174 valence electrons. The molecular weight excluding hydrogens is 463 g/mol. The van der Waals surface area contributed by atoms with Crippen LogP contribution in [0.2, 0.25) is 5.02 Å². The van der Waals surface area contributed by atoms with Gasteiger partial charge in [0.25, 0.3) is 0 Å². The van der Waals surface area contributed by atoms with Crippen molar-refractivity contribution < 1.29 is 9.31 Å². The predicted octanol–water partition coefficient (Wildman–Crippen LogP) is 6.97. The fraction of sp³-hybridized carbons (Fsp3) is 0.0625. The lowest BCUT2D eigenvalue weighted by Gasteiger charge is -2.46. The Morgan fingerprint density at radius 3 is 1.03 bits per heavy atom. The normalized spacial score (nSPS) is 16.1. The van der Waals surface area contributed by atoms with Gasteiger partial charge in [-0.05, 0) is 39.8 Å². The van der Waals surface area contributed by atoms with Crippen molar-refractivity contribution in [3.05, 3.63) is 173 Å². The first kappa shape index (κ1) is 22.8. The molecule has 1 fully saturated rings. The molecule has 0 spiro atoms. The minimum atomic E-state index is -0.984. The summed E-state index contributed by atoms with van der Waals surface area (Å²) in [7, 11) is -0.636. The van der Waals surface area contributed by atoms with Crippen molar-refractivity contribution in [2.45, 2.75) is 11.2 Å². The molecule has 0 N–H and O–H groups in total. The average molecular weight is 487 g/mol. The SMILES string of the molecule is Clc1ccc(B2OC(c3ccccc3)(c3ccccc3)C(c3ccccc3)(c3ccccc3)O2)cc1. The van der Waals surface area contributed by atoms with E-state index in [2.05, 4.69) is 97.1 Å². The van der Waals surface area contributed by atoms with Gasteiger partial charge in [0.15, 0.2) is 0 Å². The number of rotatable bonds is 5. The minimum Gasteiger partial charge on any atom is -0.390 e. The monoisotopic (exact) mass is 486 g/mol. The van der Waals surface area contributed by atoms with E-state index in [1.165, 1.54) is 0 Å². The Labute approximate surface area is 217 Å². The molecule has 1 heterocycles. The Morgan fingerprint density at radius 1 is 0.417 bits per heavy atom. The van der Waals surface area contributed by atoms with Gasteiger partial charge in [-0.1, -0.05) is 145 Å². The van der Waals surface area contributed by atoms with Crippen LogP contribution >= 0.6 is 11.6 Å². The highest BCUT2D eigenvalue weighted by Crippen LogP contribution is 2.58. The van der Waals surface area contributed by atoms with E-state index in [1.807, 2.05) is 48.5 Å². The van der Waals surface area contributed by atoms with Crippen LogP contribution in [0, 0.1) is 0 Å². The van der Waals surface area contributed by atoms with Crippen molar-refractivity contribution in [1.82, 2.24) is 0 Å². The zero-order chi connectivity index (χ0) is 24.4. The average Bonchev–Trinajstić information content (AvgIpc) is 3.34. The number of hydrogen-bond donors (Lipinski definition) is 0. The zero-order valence-electron chi connectivity index (χ0n) is 19.6. The van der Waals surface area contributed by atoms with E-state index >= 15 is 0 Å². The van der Waals surface area contributed by atoms with Crippen molar-refractivity contribution in [1.29, 1.82) is 0 Å². The summed E-state index contributed by atoms with van der Waals surface area (Å²) in [6, 6.07) is 49.3. The second-order valence-electron chi connectivity index (χ2n) is 8.95. The molecule has 0 unspecified atom stereocenters. The largest absolute Gasteiger partial charge is 0.495 e. The van der Waals surface area contributed by atoms with Crippen LogP contribution in [0.5, 0.6) is 0 Å². The Morgan fingerprint density at radius 2 is 0.722 bits per heavy atom. The Kier molecular flexibility index (Phi) is 5.98.